The first-order chi connectivity index (χ1) is 17.2. The average Bonchev–Trinajstić information content (AvgIpc) is 3.35. The molecule has 36 heavy (non-hydrogen) atoms. The number of hydrogen-bond acceptors (Lipinski definition) is 9. The fraction of sp³-hybridized carbons (Fsp3) is 0.250. The Kier molecular flexibility index (Phi) is 9.41. The quantitative estimate of drug-likeness (QED) is 0.210. The van der Waals surface area contributed by atoms with Gasteiger partial charge in [0.2, 0.25) is 15.0 Å². The molecule has 0 saturated carbocycles. The first kappa shape index (κ1) is 27.1. The van der Waals surface area contributed by atoms with Crippen LogP contribution in [0.25, 0.3) is 6.08 Å². The number of ether oxygens (including phenoxy) is 2. The van der Waals surface area contributed by atoms with E-state index in [2.05, 4.69) is 21.6 Å². The smallest absolute Gasteiger partial charge is 0.268 e. The number of aryl methyl sites for hydroxylation is 1. The number of anilines is 1. The van der Waals surface area contributed by atoms with Gasteiger partial charge in [-0.3, -0.25) is 10.1 Å². The molecule has 0 aliphatic carbocycles. The van der Waals surface area contributed by atoms with Crippen molar-refractivity contribution in [3.05, 3.63) is 64.2 Å². The second kappa shape index (κ2) is 12.5. The minimum Gasteiger partial charge on any atom is -0.490 e. The predicted molar refractivity (Wildman–Crippen MR) is 138 cm³/mol. The molecule has 1 heterocycles. The van der Waals surface area contributed by atoms with Crippen LogP contribution in [0.1, 0.15) is 25.0 Å². The number of rotatable bonds is 11. The summed E-state index contributed by atoms with van der Waals surface area (Å²) in [6.45, 7) is 4.15. The molecular weight excluding hydrogens is 524 g/mol. The van der Waals surface area contributed by atoms with Gasteiger partial charge in [0.1, 0.15) is 36.4 Å². The van der Waals surface area contributed by atoms with Crippen molar-refractivity contribution in [2.45, 2.75) is 25.4 Å². The molecule has 0 spiro atoms. The normalized spacial score (nSPS) is 11.6. The van der Waals surface area contributed by atoms with Gasteiger partial charge in [0.15, 0.2) is 0 Å². The number of carbonyl (C=O) groups is 1. The summed E-state index contributed by atoms with van der Waals surface area (Å²) in [4.78, 5) is 16.3. The van der Waals surface area contributed by atoms with Crippen LogP contribution in [-0.4, -0.2) is 42.6 Å². The van der Waals surface area contributed by atoms with E-state index in [1.807, 2.05) is 30.3 Å². The highest BCUT2D eigenvalue weighted by Gasteiger charge is 2.20. The molecule has 0 unspecified atom stereocenters. The van der Waals surface area contributed by atoms with Crippen LogP contribution >= 0.6 is 23.1 Å². The van der Waals surface area contributed by atoms with Crippen molar-refractivity contribution in [1.82, 2.24) is 9.36 Å². The highest BCUT2D eigenvalue weighted by molar-refractivity contribution is 7.91. The Balaban J connectivity index is 1.58. The number of carbonyl (C=O) groups excluding carboxylic acids is 1. The van der Waals surface area contributed by atoms with Gasteiger partial charge < -0.3 is 9.47 Å². The number of nitrogens with one attached hydrogen (secondary N) is 1. The van der Waals surface area contributed by atoms with E-state index in [0.29, 0.717) is 34.5 Å². The van der Waals surface area contributed by atoms with Crippen LogP contribution in [0, 0.1) is 11.3 Å². The standard InChI is InChI=1S/C24H23ClN4O5S2/c1-3-16-5-8-19(9-6-16)33-11-12-34-21-10-7-17(14-20(21)25)13-18(15-26)22(30)27-23-28-24(29-35-23)36(31,32)4-2/h5-10,13-14H,3-4,11-12H2,1-2H3,(H,27,28,29,30). The van der Waals surface area contributed by atoms with E-state index in [4.69, 9.17) is 21.1 Å². The van der Waals surface area contributed by atoms with E-state index in [-0.39, 0.29) is 28.2 Å². The fourth-order valence-electron chi connectivity index (χ4n) is 2.85. The Morgan fingerprint density at radius 2 is 1.89 bits per heavy atom. The summed E-state index contributed by atoms with van der Waals surface area (Å²) in [6.07, 6.45) is 2.31. The third kappa shape index (κ3) is 7.27. The summed E-state index contributed by atoms with van der Waals surface area (Å²) in [5, 5.41) is 11.7. The molecule has 2 aromatic carbocycles. The van der Waals surface area contributed by atoms with E-state index >= 15 is 0 Å². The third-order valence-electron chi connectivity index (χ3n) is 4.86. The van der Waals surface area contributed by atoms with Gasteiger partial charge in [-0.1, -0.05) is 43.6 Å². The molecule has 0 atom stereocenters. The Hall–Kier alpha value is -3.46. The maximum atomic E-state index is 12.5. The number of nitriles is 1. The first-order valence-electron chi connectivity index (χ1n) is 10.9. The molecule has 3 aromatic rings. The lowest BCUT2D eigenvalue weighted by Gasteiger charge is -2.10. The molecule has 1 N–H and O–H groups in total. The lowest BCUT2D eigenvalue weighted by Crippen LogP contribution is -2.13. The van der Waals surface area contributed by atoms with Gasteiger partial charge in [0, 0.05) is 11.5 Å². The van der Waals surface area contributed by atoms with E-state index in [9.17, 15) is 18.5 Å². The van der Waals surface area contributed by atoms with Gasteiger partial charge in [0.25, 0.3) is 11.1 Å². The summed E-state index contributed by atoms with van der Waals surface area (Å²) in [5.41, 5.74) is 1.50. The molecule has 0 aliphatic rings. The van der Waals surface area contributed by atoms with Gasteiger partial charge in [0.05, 0.1) is 10.8 Å². The van der Waals surface area contributed by atoms with Crippen molar-refractivity contribution in [3.8, 4) is 17.6 Å². The predicted octanol–water partition coefficient (Wildman–Crippen LogP) is 4.55. The van der Waals surface area contributed by atoms with Crippen molar-refractivity contribution < 1.29 is 22.7 Å². The van der Waals surface area contributed by atoms with Crippen molar-refractivity contribution in [3.63, 3.8) is 0 Å². The molecule has 0 aliphatic heterocycles. The molecule has 0 bridgehead atoms. The Bertz CT molecular complexity index is 1400. The molecule has 0 saturated heterocycles. The maximum Gasteiger partial charge on any atom is 0.268 e. The molecule has 1 aromatic heterocycles. The number of benzene rings is 2. The summed E-state index contributed by atoms with van der Waals surface area (Å²) >= 11 is 7.01. The van der Waals surface area contributed by atoms with Gasteiger partial charge in [-0.05, 0) is 47.9 Å². The Labute approximate surface area is 218 Å². The highest BCUT2D eigenvalue weighted by Crippen LogP contribution is 2.27. The Morgan fingerprint density at radius 1 is 1.17 bits per heavy atom. The lowest BCUT2D eigenvalue weighted by molar-refractivity contribution is -0.112. The minimum absolute atomic E-state index is 0.0292. The van der Waals surface area contributed by atoms with Crippen molar-refractivity contribution in [1.29, 1.82) is 5.26 Å². The van der Waals surface area contributed by atoms with Gasteiger partial charge in [-0.2, -0.15) is 14.6 Å². The first-order valence-corrected chi connectivity index (χ1v) is 13.7. The second-order valence-electron chi connectivity index (χ2n) is 7.29. The zero-order valence-electron chi connectivity index (χ0n) is 19.5. The summed E-state index contributed by atoms with van der Waals surface area (Å²) < 4.78 is 38.7. The van der Waals surface area contributed by atoms with Gasteiger partial charge in [-0.15, -0.1) is 0 Å². The lowest BCUT2D eigenvalue weighted by atomic mass is 10.1. The number of amides is 1. The number of hydrogen-bond donors (Lipinski definition) is 1. The largest absolute Gasteiger partial charge is 0.490 e. The fourth-order valence-corrected chi connectivity index (χ4v) is 4.68. The molecule has 0 fully saturated rings. The van der Waals surface area contributed by atoms with Crippen molar-refractivity contribution in [2.24, 2.45) is 0 Å². The molecule has 3 rings (SSSR count). The van der Waals surface area contributed by atoms with Crippen LogP contribution in [0.4, 0.5) is 5.13 Å². The van der Waals surface area contributed by atoms with Crippen molar-refractivity contribution >= 4 is 50.1 Å². The molecule has 9 nitrogen and oxygen atoms in total. The van der Waals surface area contributed by atoms with Crippen LogP contribution in [0.2, 0.25) is 5.02 Å². The van der Waals surface area contributed by atoms with E-state index in [1.165, 1.54) is 18.6 Å². The summed E-state index contributed by atoms with van der Waals surface area (Å²) in [5.74, 6) is 0.261. The van der Waals surface area contributed by atoms with Crippen LogP contribution in [-0.2, 0) is 21.1 Å². The zero-order chi connectivity index (χ0) is 26.1. The number of sulfone groups is 1. The summed E-state index contributed by atoms with van der Waals surface area (Å²) in [7, 11) is -3.60. The highest BCUT2D eigenvalue weighted by atomic mass is 35.5. The minimum atomic E-state index is -3.60. The Morgan fingerprint density at radius 3 is 2.53 bits per heavy atom. The van der Waals surface area contributed by atoms with Crippen LogP contribution < -0.4 is 14.8 Å². The van der Waals surface area contributed by atoms with E-state index < -0.39 is 15.7 Å². The van der Waals surface area contributed by atoms with Gasteiger partial charge in [-0.25, -0.2) is 8.42 Å². The van der Waals surface area contributed by atoms with Crippen LogP contribution in [0.5, 0.6) is 11.5 Å². The molecular formula is C24H23ClN4O5S2. The van der Waals surface area contributed by atoms with E-state index in [0.717, 1.165) is 12.2 Å². The van der Waals surface area contributed by atoms with Crippen LogP contribution in [0.3, 0.4) is 0 Å². The van der Waals surface area contributed by atoms with Crippen LogP contribution in [0.15, 0.2) is 53.2 Å². The number of aromatic nitrogens is 2. The monoisotopic (exact) mass is 546 g/mol. The molecule has 12 heteroatoms. The molecule has 1 amide bonds. The second-order valence-corrected chi connectivity index (χ2v) is 10.6. The zero-order valence-corrected chi connectivity index (χ0v) is 21.9. The molecule has 0 radical (unpaired) electrons. The topological polar surface area (TPSA) is 131 Å². The number of nitrogens with zero attached hydrogens (tertiary/aromatic N) is 3. The van der Waals surface area contributed by atoms with Gasteiger partial charge >= 0.3 is 0 Å². The third-order valence-corrected chi connectivity index (χ3v) is 7.40. The van der Waals surface area contributed by atoms with Crippen molar-refractivity contribution in [2.75, 3.05) is 24.3 Å². The maximum absolute atomic E-state index is 12.5. The molecule has 188 valence electrons. The van der Waals surface area contributed by atoms with E-state index in [1.54, 1.807) is 18.2 Å². The number of halogens is 1. The summed E-state index contributed by atoms with van der Waals surface area (Å²) in [6, 6.07) is 14.5. The SMILES string of the molecule is CCc1ccc(OCCOc2ccc(C=C(C#N)C(=O)Nc3nc(S(=O)(=O)CC)ns3)cc2Cl)cc1. The average molecular weight is 547 g/mol.